The Kier molecular flexibility index (Phi) is 6.17. The van der Waals surface area contributed by atoms with Gasteiger partial charge in [-0.3, -0.25) is 9.59 Å². The van der Waals surface area contributed by atoms with Crippen LogP contribution in [0.5, 0.6) is 0 Å². The minimum atomic E-state index is -0.382. The van der Waals surface area contributed by atoms with Crippen LogP contribution in [-0.2, 0) is 11.3 Å². The minimum absolute atomic E-state index is 0.0967. The van der Waals surface area contributed by atoms with Gasteiger partial charge in [-0.05, 0) is 29.1 Å². The summed E-state index contributed by atoms with van der Waals surface area (Å²) in [6.07, 6.45) is 0.188. The molecular weight excluding hydrogens is 344 g/mol. The van der Waals surface area contributed by atoms with Crippen LogP contribution in [0.1, 0.15) is 33.3 Å². The minimum Gasteiger partial charge on any atom is -0.351 e. The summed E-state index contributed by atoms with van der Waals surface area (Å²) in [6.45, 7) is 0.505. The Morgan fingerprint density at radius 2 is 1.58 bits per heavy atom. The van der Waals surface area contributed by atoms with Crippen LogP contribution in [0, 0.1) is 0 Å². The molecule has 1 atom stereocenters. The molecule has 3 aromatic rings. The van der Waals surface area contributed by atoms with Crippen LogP contribution >= 0.6 is 11.3 Å². The molecule has 0 fully saturated rings. The van der Waals surface area contributed by atoms with Crippen LogP contribution in [0.4, 0.5) is 0 Å². The largest absolute Gasteiger partial charge is 0.351 e. The van der Waals surface area contributed by atoms with Crippen LogP contribution in [0.3, 0.4) is 0 Å². The number of carbonyl (C=O) groups excluding carboxylic acids is 2. The molecule has 3 rings (SSSR count). The first kappa shape index (κ1) is 17.9. The van der Waals surface area contributed by atoms with Gasteiger partial charge in [-0.15, -0.1) is 11.3 Å². The maximum Gasteiger partial charge on any atom is 0.251 e. The molecule has 1 heterocycles. The van der Waals surface area contributed by atoms with Crippen molar-refractivity contribution in [1.29, 1.82) is 0 Å². The number of thiophene rings is 1. The third-order valence-corrected chi connectivity index (χ3v) is 4.85. The molecule has 2 aromatic carbocycles. The van der Waals surface area contributed by atoms with E-state index in [9.17, 15) is 9.59 Å². The number of hydrogen-bond donors (Lipinski definition) is 2. The zero-order valence-corrected chi connectivity index (χ0v) is 15.0. The quantitative estimate of drug-likeness (QED) is 0.667. The van der Waals surface area contributed by atoms with Gasteiger partial charge in [0, 0.05) is 10.4 Å². The van der Waals surface area contributed by atoms with Gasteiger partial charge in [0.05, 0.1) is 19.0 Å². The summed E-state index contributed by atoms with van der Waals surface area (Å²) in [4.78, 5) is 26.0. The number of benzene rings is 2. The second-order valence-electron chi connectivity index (χ2n) is 5.86. The van der Waals surface area contributed by atoms with Gasteiger partial charge in [-0.1, -0.05) is 54.6 Å². The molecule has 1 aromatic heterocycles. The summed E-state index contributed by atoms with van der Waals surface area (Å²) in [6, 6.07) is 22.1. The topological polar surface area (TPSA) is 58.2 Å². The van der Waals surface area contributed by atoms with E-state index in [4.69, 9.17) is 0 Å². The van der Waals surface area contributed by atoms with Crippen molar-refractivity contribution in [3.63, 3.8) is 0 Å². The summed E-state index contributed by atoms with van der Waals surface area (Å²) >= 11 is 1.60. The van der Waals surface area contributed by atoms with Crippen LogP contribution in [0.25, 0.3) is 0 Å². The number of amides is 2. The molecule has 4 nitrogen and oxygen atoms in total. The lowest BCUT2D eigenvalue weighted by Crippen LogP contribution is -2.33. The Labute approximate surface area is 156 Å². The fraction of sp³-hybridized carbons (Fsp3) is 0.143. The molecule has 0 aliphatic carbocycles. The first-order valence-electron chi connectivity index (χ1n) is 8.42. The average molecular weight is 364 g/mol. The van der Waals surface area contributed by atoms with Crippen LogP contribution < -0.4 is 10.6 Å². The zero-order valence-electron chi connectivity index (χ0n) is 14.2. The van der Waals surface area contributed by atoms with Crippen molar-refractivity contribution >= 4 is 23.2 Å². The Hall–Kier alpha value is -2.92. The van der Waals surface area contributed by atoms with E-state index in [0.29, 0.717) is 12.1 Å². The lowest BCUT2D eigenvalue weighted by Gasteiger charge is -2.19. The summed E-state index contributed by atoms with van der Waals surface area (Å²) in [5, 5.41) is 7.88. The molecule has 2 N–H and O–H groups in total. The van der Waals surface area contributed by atoms with E-state index in [-0.39, 0.29) is 24.3 Å². The highest BCUT2D eigenvalue weighted by molar-refractivity contribution is 7.09. The monoisotopic (exact) mass is 364 g/mol. The van der Waals surface area contributed by atoms with Crippen molar-refractivity contribution in [2.75, 3.05) is 0 Å². The van der Waals surface area contributed by atoms with Gasteiger partial charge in [0.2, 0.25) is 5.91 Å². The lowest BCUT2D eigenvalue weighted by molar-refractivity contribution is -0.121. The van der Waals surface area contributed by atoms with Crippen molar-refractivity contribution in [3.05, 3.63) is 94.2 Å². The summed E-state index contributed by atoms with van der Waals surface area (Å²) in [5.74, 6) is -0.286. The summed E-state index contributed by atoms with van der Waals surface area (Å²) in [7, 11) is 0. The van der Waals surface area contributed by atoms with Crippen LogP contribution in [-0.4, -0.2) is 11.8 Å². The highest BCUT2D eigenvalue weighted by Crippen LogP contribution is 2.18. The third kappa shape index (κ3) is 5.04. The van der Waals surface area contributed by atoms with Crippen molar-refractivity contribution in [1.82, 2.24) is 10.6 Å². The Morgan fingerprint density at radius 3 is 2.23 bits per heavy atom. The molecule has 5 heteroatoms. The fourth-order valence-electron chi connectivity index (χ4n) is 2.63. The van der Waals surface area contributed by atoms with Gasteiger partial charge >= 0.3 is 0 Å². The number of carbonyl (C=O) groups is 2. The number of nitrogens with one attached hydrogen (secondary N) is 2. The Bertz CT molecular complexity index is 833. The molecular formula is C21H20N2O2S. The van der Waals surface area contributed by atoms with Crippen molar-refractivity contribution in [3.8, 4) is 0 Å². The van der Waals surface area contributed by atoms with E-state index in [2.05, 4.69) is 10.6 Å². The number of hydrogen-bond acceptors (Lipinski definition) is 3. The molecule has 0 aliphatic rings. The smallest absolute Gasteiger partial charge is 0.251 e. The lowest BCUT2D eigenvalue weighted by atomic mass is 10.0. The zero-order chi connectivity index (χ0) is 18.2. The second kappa shape index (κ2) is 8.97. The summed E-state index contributed by atoms with van der Waals surface area (Å²) in [5.41, 5.74) is 1.48. The highest BCUT2D eigenvalue weighted by Gasteiger charge is 2.19. The van der Waals surface area contributed by atoms with Gasteiger partial charge in [-0.2, -0.15) is 0 Å². The maximum absolute atomic E-state index is 12.5. The summed E-state index contributed by atoms with van der Waals surface area (Å²) < 4.78 is 0. The van der Waals surface area contributed by atoms with E-state index in [0.717, 1.165) is 10.4 Å². The second-order valence-corrected chi connectivity index (χ2v) is 6.90. The molecule has 132 valence electrons. The predicted octanol–water partition coefficient (Wildman–Crippen LogP) is 3.93. The molecule has 0 aliphatic heterocycles. The fourth-order valence-corrected chi connectivity index (χ4v) is 3.27. The van der Waals surface area contributed by atoms with Gasteiger partial charge < -0.3 is 10.6 Å². The van der Waals surface area contributed by atoms with Gasteiger partial charge in [-0.25, -0.2) is 0 Å². The van der Waals surface area contributed by atoms with E-state index >= 15 is 0 Å². The molecule has 0 saturated carbocycles. The normalized spacial score (nSPS) is 11.5. The molecule has 2 amide bonds. The van der Waals surface area contributed by atoms with Crippen molar-refractivity contribution < 1.29 is 9.59 Å². The SMILES string of the molecule is O=C(CC(NC(=O)c1ccccc1)c1ccccc1)NCc1cccs1. The molecule has 0 bridgehead atoms. The Balaban J connectivity index is 1.67. The maximum atomic E-state index is 12.5. The van der Waals surface area contributed by atoms with Gasteiger partial charge in [0.25, 0.3) is 5.91 Å². The third-order valence-electron chi connectivity index (χ3n) is 3.97. The molecule has 0 spiro atoms. The first-order valence-corrected chi connectivity index (χ1v) is 9.30. The van der Waals surface area contributed by atoms with E-state index in [1.165, 1.54) is 0 Å². The standard InChI is InChI=1S/C21H20N2O2S/c24-20(22-15-18-12-7-13-26-18)14-19(16-8-3-1-4-9-16)23-21(25)17-10-5-2-6-11-17/h1-13,19H,14-15H2,(H,22,24)(H,23,25). The van der Waals surface area contributed by atoms with Gasteiger partial charge in [0.1, 0.15) is 0 Å². The molecule has 26 heavy (non-hydrogen) atoms. The van der Waals surface area contributed by atoms with E-state index in [1.54, 1.807) is 23.5 Å². The molecule has 1 unspecified atom stereocenters. The molecule has 0 radical (unpaired) electrons. The Morgan fingerprint density at radius 1 is 0.885 bits per heavy atom. The van der Waals surface area contributed by atoms with E-state index < -0.39 is 0 Å². The predicted molar refractivity (Wildman–Crippen MR) is 104 cm³/mol. The van der Waals surface area contributed by atoms with Crippen molar-refractivity contribution in [2.24, 2.45) is 0 Å². The highest BCUT2D eigenvalue weighted by atomic mass is 32.1. The van der Waals surface area contributed by atoms with E-state index in [1.807, 2.05) is 66.0 Å². The van der Waals surface area contributed by atoms with Crippen LogP contribution in [0.2, 0.25) is 0 Å². The first-order chi connectivity index (χ1) is 12.7. The molecule has 0 saturated heterocycles. The number of rotatable bonds is 7. The average Bonchev–Trinajstić information content (AvgIpc) is 3.21. The van der Waals surface area contributed by atoms with Gasteiger partial charge in [0.15, 0.2) is 0 Å². The van der Waals surface area contributed by atoms with Crippen LogP contribution in [0.15, 0.2) is 78.2 Å². The van der Waals surface area contributed by atoms with Crippen molar-refractivity contribution in [2.45, 2.75) is 19.0 Å².